The van der Waals surface area contributed by atoms with Gasteiger partial charge in [-0.25, -0.2) is 0 Å². The molecule has 0 bridgehead atoms. The van der Waals surface area contributed by atoms with Crippen LogP contribution in [-0.4, -0.2) is 48.6 Å². The first kappa shape index (κ1) is 13.5. The summed E-state index contributed by atoms with van der Waals surface area (Å²) in [5, 5.41) is 16.9. The van der Waals surface area contributed by atoms with Crippen molar-refractivity contribution >= 4 is 11.6 Å². The molecule has 1 amide bonds. The molecule has 0 radical (unpaired) electrons. The molecule has 1 fully saturated rings. The van der Waals surface area contributed by atoms with Gasteiger partial charge in [0, 0.05) is 38.4 Å². The molecular formula is C15H21N3O2. The van der Waals surface area contributed by atoms with Crippen molar-refractivity contribution in [2.45, 2.75) is 18.9 Å². The number of piperazine rings is 1. The number of hydrogen-bond acceptors (Lipinski definition) is 4. The molecule has 2 heterocycles. The Morgan fingerprint density at radius 3 is 2.85 bits per heavy atom. The molecule has 108 valence electrons. The molecule has 5 nitrogen and oxygen atoms in total. The van der Waals surface area contributed by atoms with Gasteiger partial charge in [0.1, 0.15) is 0 Å². The van der Waals surface area contributed by atoms with E-state index in [4.69, 9.17) is 0 Å². The van der Waals surface area contributed by atoms with Crippen molar-refractivity contribution in [3.05, 3.63) is 29.3 Å². The standard InChI is InChI=1S/C15H21N3O2/c1-15(20,10-18-6-4-16-5-7-18)12-2-3-13-11(8-12)9-14(19)17-13/h2-3,8,16,20H,4-7,9-10H2,1H3,(H,17,19). The Balaban J connectivity index is 1.77. The number of aliphatic hydroxyl groups is 1. The molecule has 5 heteroatoms. The number of hydrogen-bond donors (Lipinski definition) is 3. The third-order valence-electron chi connectivity index (χ3n) is 4.09. The zero-order valence-corrected chi connectivity index (χ0v) is 11.8. The van der Waals surface area contributed by atoms with Crippen molar-refractivity contribution in [1.29, 1.82) is 0 Å². The third kappa shape index (κ3) is 2.70. The summed E-state index contributed by atoms with van der Waals surface area (Å²) in [4.78, 5) is 13.7. The number of benzene rings is 1. The van der Waals surface area contributed by atoms with Gasteiger partial charge in [0.15, 0.2) is 0 Å². The number of fused-ring (bicyclic) bond motifs is 1. The van der Waals surface area contributed by atoms with E-state index in [2.05, 4.69) is 15.5 Å². The van der Waals surface area contributed by atoms with E-state index in [1.807, 2.05) is 25.1 Å². The maximum absolute atomic E-state index is 11.4. The minimum absolute atomic E-state index is 0.0268. The van der Waals surface area contributed by atoms with E-state index in [0.29, 0.717) is 13.0 Å². The Labute approximate surface area is 119 Å². The summed E-state index contributed by atoms with van der Waals surface area (Å²) in [6, 6.07) is 5.75. The van der Waals surface area contributed by atoms with E-state index in [0.717, 1.165) is 43.0 Å². The first-order chi connectivity index (χ1) is 9.54. The van der Waals surface area contributed by atoms with Gasteiger partial charge in [0.05, 0.1) is 12.0 Å². The highest BCUT2D eigenvalue weighted by Crippen LogP contribution is 2.29. The highest BCUT2D eigenvalue weighted by atomic mass is 16.3. The third-order valence-corrected chi connectivity index (χ3v) is 4.09. The monoisotopic (exact) mass is 275 g/mol. The van der Waals surface area contributed by atoms with Crippen LogP contribution in [0.15, 0.2) is 18.2 Å². The molecule has 1 aromatic rings. The highest BCUT2D eigenvalue weighted by molar-refractivity contribution is 5.99. The lowest BCUT2D eigenvalue weighted by Gasteiger charge is -2.34. The van der Waals surface area contributed by atoms with Gasteiger partial charge in [0.25, 0.3) is 0 Å². The summed E-state index contributed by atoms with van der Waals surface area (Å²) < 4.78 is 0. The lowest BCUT2D eigenvalue weighted by atomic mass is 9.93. The topological polar surface area (TPSA) is 64.6 Å². The Hall–Kier alpha value is -1.43. The Morgan fingerprint density at radius 1 is 1.35 bits per heavy atom. The van der Waals surface area contributed by atoms with Gasteiger partial charge in [-0.1, -0.05) is 12.1 Å². The molecular weight excluding hydrogens is 254 g/mol. The van der Waals surface area contributed by atoms with Crippen LogP contribution in [0.3, 0.4) is 0 Å². The summed E-state index contributed by atoms with van der Waals surface area (Å²) in [6.07, 6.45) is 0.410. The van der Waals surface area contributed by atoms with E-state index < -0.39 is 5.60 Å². The van der Waals surface area contributed by atoms with Gasteiger partial charge in [-0.2, -0.15) is 0 Å². The molecule has 0 spiro atoms. The molecule has 3 N–H and O–H groups in total. The van der Waals surface area contributed by atoms with Crippen molar-refractivity contribution in [3.8, 4) is 0 Å². The van der Waals surface area contributed by atoms with Crippen LogP contribution in [0.5, 0.6) is 0 Å². The fourth-order valence-electron chi connectivity index (χ4n) is 2.96. The first-order valence-corrected chi connectivity index (χ1v) is 7.13. The minimum Gasteiger partial charge on any atom is -0.384 e. The summed E-state index contributed by atoms with van der Waals surface area (Å²) in [7, 11) is 0. The molecule has 0 saturated carbocycles. The number of nitrogens with zero attached hydrogens (tertiary/aromatic N) is 1. The second kappa shape index (κ2) is 5.16. The smallest absolute Gasteiger partial charge is 0.228 e. The SMILES string of the molecule is CC(O)(CN1CCNCC1)c1ccc2c(c1)CC(=O)N2. The number of rotatable bonds is 3. The average Bonchev–Trinajstić information content (AvgIpc) is 2.78. The summed E-state index contributed by atoms with van der Waals surface area (Å²) >= 11 is 0. The van der Waals surface area contributed by atoms with Crippen molar-refractivity contribution in [1.82, 2.24) is 10.2 Å². The van der Waals surface area contributed by atoms with Crippen LogP contribution >= 0.6 is 0 Å². The van der Waals surface area contributed by atoms with Crippen LogP contribution in [0.1, 0.15) is 18.1 Å². The van der Waals surface area contributed by atoms with Crippen LogP contribution < -0.4 is 10.6 Å². The number of nitrogens with one attached hydrogen (secondary N) is 2. The van der Waals surface area contributed by atoms with Gasteiger partial charge in [-0.15, -0.1) is 0 Å². The largest absolute Gasteiger partial charge is 0.384 e. The van der Waals surface area contributed by atoms with E-state index in [-0.39, 0.29) is 5.91 Å². The fraction of sp³-hybridized carbons (Fsp3) is 0.533. The summed E-state index contributed by atoms with van der Waals surface area (Å²) in [6.45, 7) is 6.33. The number of carbonyl (C=O) groups excluding carboxylic acids is 1. The van der Waals surface area contributed by atoms with Crippen molar-refractivity contribution in [2.24, 2.45) is 0 Å². The Morgan fingerprint density at radius 2 is 2.10 bits per heavy atom. The zero-order valence-electron chi connectivity index (χ0n) is 11.8. The normalized spacial score (nSPS) is 22.2. The van der Waals surface area contributed by atoms with Gasteiger partial charge in [-0.3, -0.25) is 9.69 Å². The van der Waals surface area contributed by atoms with Crippen LogP contribution in [0, 0.1) is 0 Å². The predicted molar refractivity (Wildman–Crippen MR) is 77.7 cm³/mol. The first-order valence-electron chi connectivity index (χ1n) is 7.13. The number of amides is 1. The van der Waals surface area contributed by atoms with Gasteiger partial charge >= 0.3 is 0 Å². The van der Waals surface area contributed by atoms with Crippen LogP contribution in [0.25, 0.3) is 0 Å². The molecule has 1 unspecified atom stereocenters. The van der Waals surface area contributed by atoms with Crippen molar-refractivity contribution in [3.63, 3.8) is 0 Å². The molecule has 2 aliphatic heterocycles. The van der Waals surface area contributed by atoms with E-state index in [1.165, 1.54) is 0 Å². The van der Waals surface area contributed by atoms with Crippen LogP contribution in [-0.2, 0) is 16.8 Å². The number of carbonyl (C=O) groups is 1. The molecule has 1 aromatic carbocycles. The molecule has 1 saturated heterocycles. The molecule has 20 heavy (non-hydrogen) atoms. The second-order valence-corrected chi connectivity index (χ2v) is 5.90. The minimum atomic E-state index is -0.891. The maximum Gasteiger partial charge on any atom is 0.228 e. The molecule has 0 aromatic heterocycles. The van der Waals surface area contributed by atoms with E-state index in [1.54, 1.807) is 0 Å². The molecule has 2 aliphatic rings. The van der Waals surface area contributed by atoms with Gasteiger partial charge in [0.2, 0.25) is 5.91 Å². The quantitative estimate of drug-likeness (QED) is 0.742. The van der Waals surface area contributed by atoms with Crippen molar-refractivity contribution < 1.29 is 9.90 Å². The maximum atomic E-state index is 11.4. The van der Waals surface area contributed by atoms with Crippen LogP contribution in [0.2, 0.25) is 0 Å². The predicted octanol–water partition coefficient (Wildman–Crippen LogP) is 0.294. The number of anilines is 1. The highest BCUT2D eigenvalue weighted by Gasteiger charge is 2.29. The number of β-amino-alcohol motifs (C(OH)–C–C–N with tert-alkyl or cyclic N) is 1. The van der Waals surface area contributed by atoms with E-state index in [9.17, 15) is 9.90 Å². The van der Waals surface area contributed by atoms with E-state index >= 15 is 0 Å². The molecule has 0 aliphatic carbocycles. The fourth-order valence-corrected chi connectivity index (χ4v) is 2.96. The summed E-state index contributed by atoms with van der Waals surface area (Å²) in [5.74, 6) is 0.0268. The molecule has 3 rings (SSSR count). The van der Waals surface area contributed by atoms with Gasteiger partial charge < -0.3 is 15.7 Å². The summed E-state index contributed by atoms with van der Waals surface area (Å²) in [5.41, 5.74) is 1.84. The Bertz CT molecular complexity index is 522. The van der Waals surface area contributed by atoms with Crippen molar-refractivity contribution in [2.75, 3.05) is 38.0 Å². The second-order valence-electron chi connectivity index (χ2n) is 5.90. The zero-order chi connectivity index (χ0) is 14.2. The lowest BCUT2D eigenvalue weighted by molar-refractivity contribution is -0.115. The van der Waals surface area contributed by atoms with Gasteiger partial charge in [-0.05, 0) is 24.1 Å². The molecule has 1 atom stereocenters. The van der Waals surface area contributed by atoms with Crippen LogP contribution in [0.4, 0.5) is 5.69 Å². The average molecular weight is 275 g/mol. The Kier molecular flexibility index (Phi) is 3.50. The lowest BCUT2D eigenvalue weighted by Crippen LogP contribution is -2.48.